The number of ether oxygens (including phenoxy) is 2. The summed E-state index contributed by atoms with van der Waals surface area (Å²) in [5, 5.41) is 26.8. The van der Waals surface area contributed by atoms with Crippen molar-refractivity contribution in [2.45, 2.75) is 92.8 Å². The summed E-state index contributed by atoms with van der Waals surface area (Å²) in [6.07, 6.45) is 8.02. The highest BCUT2D eigenvalue weighted by molar-refractivity contribution is 9.11. The molecule has 7 aromatic carbocycles. The molecule has 0 aliphatic carbocycles. The fourth-order valence-corrected chi connectivity index (χ4v) is 13.9. The van der Waals surface area contributed by atoms with Crippen molar-refractivity contribution in [3.8, 4) is 11.1 Å². The van der Waals surface area contributed by atoms with E-state index >= 15 is 0 Å². The van der Waals surface area contributed by atoms with E-state index in [-0.39, 0.29) is 72.3 Å². The highest BCUT2D eigenvalue weighted by Gasteiger charge is 2.31. The third-order valence-electron chi connectivity index (χ3n) is 19.6. The van der Waals surface area contributed by atoms with Crippen molar-refractivity contribution in [2.75, 3.05) is 131 Å². The second-order valence-electron chi connectivity index (χ2n) is 31.1. The van der Waals surface area contributed by atoms with Gasteiger partial charge in [-0.05, 0) is 225 Å². The smallest absolute Gasteiger partial charge is 0.488 e. The van der Waals surface area contributed by atoms with Crippen molar-refractivity contribution in [2.24, 2.45) is 0 Å². The molecule has 14 rings (SSSR count). The molecule has 5 N–H and O–H groups in total. The SMILES string of the molecule is CC(C)(C)OC(=O)N1CCN(C(=O)c2ccc(Br)cc2)CC1.CC(C)(C)OC(=O)N1CCNCC1.CCC(=O)Cl.CCC(=O)N1CCN(C(=O)c2ccc(-c3ccc4cnccc4c3)cc2)CC1.CCC(=O)N1CCN(C(=O)c2ccc(Br)cc2)CC1.O=C(Cl)c1ccc(Br)cc1.O=C(c1ccc(Br)cc1)N1CC[NH2+]CC1.OB(O)c1ccc2cnccc2c1.[Cl-].[HH]. The fraction of sp³-hybridized carbons (Fsp3) is 0.370. The number of rotatable bonds is 10. The summed E-state index contributed by atoms with van der Waals surface area (Å²) in [6.45, 7) is 30.5. The lowest BCUT2D eigenvalue weighted by Gasteiger charge is -2.35. The Kier molecular flexibility index (Phi) is 44.8. The third kappa shape index (κ3) is 36.1. The van der Waals surface area contributed by atoms with Crippen molar-refractivity contribution >= 4 is 179 Å². The van der Waals surface area contributed by atoms with Crippen LogP contribution in [0.5, 0.6) is 0 Å². The largest absolute Gasteiger partial charge is 1.00 e. The lowest BCUT2D eigenvalue weighted by Crippen LogP contribution is -3.00. The molecule has 5 fully saturated rings. The molecule has 0 radical (unpaired) electrons. The van der Waals surface area contributed by atoms with E-state index in [1.165, 1.54) is 0 Å². The molecule has 7 heterocycles. The summed E-state index contributed by atoms with van der Waals surface area (Å²) in [5.41, 5.74) is 5.14. The number of amides is 8. The Morgan fingerprint density at radius 3 is 1.03 bits per heavy atom. The van der Waals surface area contributed by atoms with Gasteiger partial charge in [0.2, 0.25) is 17.1 Å². The number of carbonyl (C=O) groups excluding carboxylic acids is 10. The zero-order chi connectivity index (χ0) is 91.3. The number of fused-ring (bicyclic) bond motifs is 2. The molecule has 8 amide bonds. The minimum absolute atomic E-state index is 0. The summed E-state index contributed by atoms with van der Waals surface area (Å²) < 4.78 is 14.4. The van der Waals surface area contributed by atoms with Crippen LogP contribution in [-0.2, 0) is 23.9 Å². The molecule has 0 bridgehead atoms. The monoisotopic (exact) mass is 2040 g/mol. The number of quaternary nitrogens is 1. The Bertz CT molecular complexity index is 5020. The van der Waals surface area contributed by atoms with Crippen molar-refractivity contribution in [3.63, 3.8) is 0 Å². The van der Waals surface area contributed by atoms with Crippen LogP contribution in [0.4, 0.5) is 9.59 Å². The van der Waals surface area contributed by atoms with Crippen LogP contribution in [0.1, 0.15) is 135 Å². The molecule has 34 heteroatoms. The van der Waals surface area contributed by atoms with Gasteiger partial charge >= 0.3 is 19.3 Å². The molecular formula is C92H112BBr4Cl3N12O14. The number of nitrogens with zero attached hydrogens (tertiary/aromatic N) is 10. The first-order chi connectivity index (χ1) is 59.5. The van der Waals surface area contributed by atoms with Crippen molar-refractivity contribution in [1.29, 1.82) is 0 Å². The number of hydrogen-bond acceptors (Lipinski definition) is 17. The van der Waals surface area contributed by atoms with Crippen LogP contribution in [-0.4, -0.2) is 267 Å². The molecule has 0 saturated carbocycles. The molecule has 676 valence electrons. The normalized spacial score (nSPS) is 14.2. The molecule has 5 saturated heterocycles. The van der Waals surface area contributed by atoms with Gasteiger partial charge in [-0.25, -0.2) is 9.59 Å². The Hall–Kier alpha value is -9.25. The lowest BCUT2D eigenvalue weighted by atomic mass is 9.79. The van der Waals surface area contributed by atoms with E-state index in [2.05, 4.69) is 103 Å². The number of hydrogen-bond donors (Lipinski definition) is 4. The number of benzene rings is 7. The number of pyridine rings is 2. The number of carbonyl (C=O) groups is 10. The van der Waals surface area contributed by atoms with Crippen LogP contribution >= 0.6 is 86.9 Å². The quantitative estimate of drug-likeness (QED) is 0.0730. The summed E-state index contributed by atoms with van der Waals surface area (Å²) in [5.74, 6) is 0.529. The fourth-order valence-electron chi connectivity index (χ4n) is 12.7. The average molecular weight is 2050 g/mol. The molecule has 5 aliphatic heterocycles. The minimum Gasteiger partial charge on any atom is -1.00 e. The van der Waals surface area contributed by atoms with Gasteiger partial charge < -0.3 is 81.8 Å². The maximum atomic E-state index is 12.8. The summed E-state index contributed by atoms with van der Waals surface area (Å²) >= 11 is 23.3. The topological polar surface area (TPSA) is 310 Å². The van der Waals surface area contributed by atoms with E-state index in [1.54, 1.807) is 88.7 Å². The first-order valence-corrected chi connectivity index (χ1v) is 45.2. The Morgan fingerprint density at radius 1 is 0.397 bits per heavy atom. The number of nitrogens with one attached hydrogen (secondary N) is 1. The Morgan fingerprint density at radius 2 is 0.698 bits per heavy atom. The van der Waals surface area contributed by atoms with Gasteiger partial charge in [0.05, 0.1) is 26.2 Å². The summed E-state index contributed by atoms with van der Waals surface area (Å²) in [7, 11) is -1.41. The predicted octanol–water partition coefficient (Wildman–Crippen LogP) is 11.3. The van der Waals surface area contributed by atoms with E-state index in [0.29, 0.717) is 126 Å². The average Bonchev–Trinajstić information content (AvgIpc) is 0.799. The van der Waals surface area contributed by atoms with Gasteiger partial charge in [-0.15, -0.1) is 0 Å². The van der Waals surface area contributed by atoms with Gasteiger partial charge in [-0.2, -0.15) is 0 Å². The van der Waals surface area contributed by atoms with Gasteiger partial charge in [0.1, 0.15) is 11.2 Å². The number of aromatic nitrogens is 2. The number of nitrogens with two attached hydrogens (primary N) is 1. The lowest BCUT2D eigenvalue weighted by molar-refractivity contribution is -0.661. The number of piperazine rings is 5. The van der Waals surface area contributed by atoms with E-state index in [0.717, 1.165) is 108 Å². The van der Waals surface area contributed by atoms with E-state index in [1.807, 2.05) is 189 Å². The molecule has 26 nitrogen and oxygen atoms in total. The Labute approximate surface area is 789 Å². The molecule has 0 spiro atoms. The van der Waals surface area contributed by atoms with Crippen LogP contribution in [0.2, 0.25) is 0 Å². The number of halogens is 7. The van der Waals surface area contributed by atoms with Crippen LogP contribution in [0.15, 0.2) is 213 Å². The molecule has 5 aliphatic rings. The van der Waals surface area contributed by atoms with Gasteiger partial charge in [-0.1, -0.05) is 127 Å². The van der Waals surface area contributed by atoms with Crippen molar-refractivity contribution < 1.29 is 86.6 Å². The minimum atomic E-state index is -1.41. The standard InChI is InChI=1S/C23H23N3O2.C16H21BrN2O3.C14H17BrN2O2.C11H13BrN2O.C9H8BNO2.C9H18N2O2.C7H4BrClO.C3H5ClO.ClH.H2/c1-2-22(27)25-11-13-26(14-12-25)23(28)18-5-3-17(4-6-18)19-7-8-21-16-24-10-9-20(21)15-19;1-16(2,3)22-15(21)19-10-8-18(9-11-19)14(20)12-4-6-13(17)7-5-12;1-2-13(18)16-7-9-17(10-8-16)14(19)11-3-5-12(15)6-4-11;12-10-3-1-9(2-4-10)11(15)14-7-5-13-6-8-14;12-10(13)9-2-1-8-6-11-4-3-7(8)5-9;1-9(2,3)13-8(12)11-6-4-10-5-7-11;8-6-3-1-5(2-4-6)7(9)10;1-2-3(4)5;;/h3-10,15-16H,2,11-14H2,1H3;4-7H,8-11H2,1-3H3;3-6H,2,7-10H2,1H3;1-4,13H,5-8H2;1-6,12-13H;10H,4-7H2,1-3H3;1-4H;2H2,1H3;2*1H. The molecule has 2 aromatic heterocycles. The maximum absolute atomic E-state index is 12.8. The molecule has 0 unspecified atom stereocenters. The molecule has 126 heavy (non-hydrogen) atoms. The van der Waals surface area contributed by atoms with E-state index in [9.17, 15) is 47.9 Å². The highest BCUT2D eigenvalue weighted by atomic mass is 79.9. The van der Waals surface area contributed by atoms with Crippen LogP contribution in [0.25, 0.3) is 32.7 Å². The summed E-state index contributed by atoms with van der Waals surface area (Å²) in [4.78, 5) is 139. The maximum Gasteiger partial charge on any atom is 0.488 e. The van der Waals surface area contributed by atoms with Crippen LogP contribution in [0, 0.1) is 0 Å². The van der Waals surface area contributed by atoms with Gasteiger partial charge in [0, 0.05) is 201 Å². The zero-order valence-corrected chi connectivity index (χ0v) is 80.9. The van der Waals surface area contributed by atoms with Gasteiger partial charge in [-0.3, -0.25) is 48.3 Å². The second-order valence-corrected chi connectivity index (χ2v) is 35.5. The van der Waals surface area contributed by atoms with E-state index in [4.69, 9.17) is 42.7 Å². The summed E-state index contributed by atoms with van der Waals surface area (Å²) in [6, 6.07) is 52.2. The Balaban J connectivity index is 0.000000265. The first-order valence-electron chi connectivity index (χ1n) is 41.3. The van der Waals surface area contributed by atoms with Gasteiger partial charge in [0.25, 0.3) is 28.9 Å². The third-order valence-corrected chi connectivity index (χ3v) is 22.2. The van der Waals surface area contributed by atoms with E-state index < -0.39 is 18.0 Å². The highest BCUT2D eigenvalue weighted by Crippen LogP contribution is 2.26. The molecule has 0 atom stereocenters. The zero-order valence-electron chi connectivity index (χ0n) is 72.3. The predicted molar refractivity (Wildman–Crippen MR) is 506 cm³/mol. The van der Waals surface area contributed by atoms with Crippen LogP contribution < -0.4 is 28.5 Å². The van der Waals surface area contributed by atoms with Crippen molar-refractivity contribution in [1.82, 2.24) is 54.5 Å². The van der Waals surface area contributed by atoms with Gasteiger partial charge in [0.15, 0.2) is 0 Å². The van der Waals surface area contributed by atoms with Crippen molar-refractivity contribution in [3.05, 3.63) is 240 Å². The molecule has 9 aromatic rings. The second kappa shape index (κ2) is 53.5. The molecular weight excluding hydrogens is 1930 g/mol. The first kappa shape index (κ1) is 106. The van der Waals surface area contributed by atoms with Crippen LogP contribution in [0.3, 0.4) is 0 Å².